The quantitative estimate of drug-likeness (QED) is 0.787. The fourth-order valence-electron chi connectivity index (χ4n) is 2.42. The molecule has 2 heterocycles. The van der Waals surface area contributed by atoms with E-state index in [4.69, 9.17) is 5.11 Å². The van der Waals surface area contributed by atoms with Gasteiger partial charge in [0.25, 0.3) is 0 Å². The average Bonchev–Trinajstić information content (AvgIpc) is 3.03. The molecule has 1 fully saturated rings. The van der Waals surface area contributed by atoms with Crippen LogP contribution in [-0.2, 0) is 19.4 Å². The Morgan fingerprint density at radius 3 is 2.71 bits per heavy atom. The normalized spacial score (nSPS) is 21.9. The van der Waals surface area contributed by atoms with Gasteiger partial charge in [-0.05, 0) is 19.4 Å². The molecule has 1 aliphatic rings. The highest BCUT2D eigenvalue weighted by molar-refractivity contribution is 7.91. The van der Waals surface area contributed by atoms with Gasteiger partial charge < -0.3 is 10.0 Å². The number of aromatic nitrogens is 2. The lowest BCUT2D eigenvalue weighted by molar-refractivity contribution is -0.147. The summed E-state index contributed by atoms with van der Waals surface area (Å²) >= 11 is 0. The Morgan fingerprint density at radius 2 is 2.24 bits per heavy atom. The molecule has 0 radical (unpaired) electrons. The molecule has 1 amide bonds. The Bertz CT molecular complexity index is 625. The lowest BCUT2D eigenvalue weighted by atomic mass is 10.2. The minimum absolute atomic E-state index is 0.0167. The van der Waals surface area contributed by atoms with Gasteiger partial charge in [-0.3, -0.25) is 14.3 Å². The van der Waals surface area contributed by atoms with Crippen LogP contribution >= 0.6 is 0 Å². The molecule has 2 atom stereocenters. The van der Waals surface area contributed by atoms with E-state index in [1.54, 1.807) is 19.2 Å². The van der Waals surface area contributed by atoms with Gasteiger partial charge in [0.1, 0.15) is 12.6 Å². The van der Waals surface area contributed by atoms with Gasteiger partial charge in [0.2, 0.25) is 5.91 Å². The number of aliphatic carboxylic acids is 1. The molecule has 1 saturated heterocycles. The predicted octanol–water partition coefficient (Wildman–Crippen LogP) is -0.456. The van der Waals surface area contributed by atoms with Crippen molar-refractivity contribution < 1.29 is 23.1 Å². The summed E-state index contributed by atoms with van der Waals surface area (Å²) in [6, 6.07) is 0.394. The SMILES string of the molecule is CC(C(=O)N(CC(=O)O)C1CCS(=O)(=O)C1)n1cccn1. The van der Waals surface area contributed by atoms with Crippen LogP contribution in [0.25, 0.3) is 0 Å². The topological polar surface area (TPSA) is 110 Å². The number of amides is 1. The number of carbonyl (C=O) groups excluding carboxylic acids is 1. The van der Waals surface area contributed by atoms with Crippen molar-refractivity contribution in [1.82, 2.24) is 14.7 Å². The standard InChI is InChI=1S/C12H17N3O5S/c1-9(15-5-2-4-13-15)12(18)14(7-11(16)17)10-3-6-21(19,20)8-10/h2,4-5,9-10H,3,6-8H2,1H3,(H,16,17). The second-order valence-electron chi connectivity index (χ2n) is 5.08. The van der Waals surface area contributed by atoms with Gasteiger partial charge in [-0.1, -0.05) is 0 Å². The van der Waals surface area contributed by atoms with E-state index >= 15 is 0 Å². The summed E-state index contributed by atoms with van der Waals surface area (Å²) in [4.78, 5) is 24.6. The summed E-state index contributed by atoms with van der Waals surface area (Å²) in [6.45, 7) is 1.10. The van der Waals surface area contributed by atoms with E-state index in [1.165, 1.54) is 10.9 Å². The third-order valence-corrected chi connectivity index (χ3v) is 5.27. The molecular formula is C12H17N3O5S. The summed E-state index contributed by atoms with van der Waals surface area (Å²) in [7, 11) is -3.20. The van der Waals surface area contributed by atoms with E-state index in [1.807, 2.05) is 0 Å². The first kappa shape index (κ1) is 15.5. The number of sulfone groups is 1. The van der Waals surface area contributed by atoms with E-state index in [9.17, 15) is 18.0 Å². The van der Waals surface area contributed by atoms with Gasteiger partial charge in [-0.25, -0.2) is 8.42 Å². The van der Waals surface area contributed by atoms with Crippen LogP contribution < -0.4 is 0 Å². The summed E-state index contributed by atoms with van der Waals surface area (Å²) < 4.78 is 24.5. The minimum Gasteiger partial charge on any atom is -0.480 e. The molecule has 1 aromatic heterocycles. The van der Waals surface area contributed by atoms with Crippen LogP contribution in [0.4, 0.5) is 0 Å². The fraction of sp³-hybridized carbons (Fsp3) is 0.583. The van der Waals surface area contributed by atoms with Gasteiger partial charge in [0, 0.05) is 18.4 Å². The molecule has 1 aliphatic heterocycles. The van der Waals surface area contributed by atoms with Crippen LogP contribution in [0.2, 0.25) is 0 Å². The van der Waals surface area contributed by atoms with Crippen LogP contribution in [0, 0.1) is 0 Å². The van der Waals surface area contributed by atoms with Gasteiger partial charge in [-0.15, -0.1) is 0 Å². The second kappa shape index (κ2) is 5.84. The molecule has 0 bridgehead atoms. The molecule has 2 rings (SSSR count). The van der Waals surface area contributed by atoms with Crippen LogP contribution in [0.3, 0.4) is 0 Å². The highest BCUT2D eigenvalue weighted by Crippen LogP contribution is 2.20. The summed E-state index contributed by atoms with van der Waals surface area (Å²) in [5.74, 6) is -1.81. The highest BCUT2D eigenvalue weighted by atomic mass is 32.2. The van der Waals surface area contributed by atoms with Crippen molar-refractivity contribution in [1.29, 1.82) is 0 Å². The van der Waals surface area contributed by atoms with Crippen molar-refractivity contribution in [2.75, 3.05) is 18.1 Å². The van der Waals surface area contributed by atoms with E-state index in [0.29, 0.717) is 0 Å². The molecule has 116 valence electrons. The second-order valence-corrected chi connectivity index (χ2v) is 7.31. The maximum atomic E-state index is 12.5. The first-order chi connectivity index (χ1) is 9.80. The molecule has 1 N–H and O–H groups in total. The Hall–Kier alpha value is -1.90. The zero-order valence-corrected chi connectivity index (χ0v) is 12.4. The van der Waals surface area contributed by atoms with E-state index < -0.39 is 40.3 Å². The lowest BCUT2D eigenvalue weighted by Crippen LogP contribution is -2.46. The third kappa shape index (κ3) is 3.60. The average molecular weight is 315 g/mol. The minimum atomic E-state index is -3.20. The Morgan fingerprint density at radius 1 is 1.52 bits per heavy atom. The first-order valence-corrected chi connectivity index (χ1v) is 8.34. The van der Waals surface area contributed by atoms with Crippen LogP contribution in [0.5, 0.6) is 0 Å². The molecule has 0 aromatic carbocycles. The Labute approximate surface area is 122 Å². The maximum absolute atomic E-state index is 12.5. The van der Waals surface area contributed by atoms with Gasteiger partial charge in [-0.2, -0.15) is 5.10 Å². The number of hydrogen-bond acceptors (Lipinski definition) is 5. The maximum Gasteiger partial charge on any atom is 0.323 e. The van der Waals surface area contributed by atoms with E-state index in [2.05, 4.69) is 5.10 Å². The monoisotopic (exact) mass is 315 g/mol. The van der Waals surface area contributed by atoms with Crippen molar-refractivity contribution >= 4 is 21.7 Å². The van der Waals surface area contributed by atoms with Crippen LogP contribution in [-0.4, -0.2) is 64.2 Å². The third-order valence-electron chi connectivity index (χ3n) is 3.52. The summed E-state index contributed by atoms with van der Waals surface area (Å²) in [5, 5.41) is 12.9. The molecule has 0 aliphatic carbocycles. The number of carboxylic acid groups (broad SMARTS) is 1. The van der Waals surface area contributed by atoms with Crippen molar-refractivity contribution in [2.45, 2.75) is 25.4 Å². The summed E-state index contributed by atoms with van der Waals surface area (Å²) in [6.07, 6.45) is 3.39. The molecule has 1 aromatic rings. The molecule has 8 nitrogen and oxygen atoms in total. The zero-order valence-electron chi connectivity index (χ0n) is 11.5. The van der Waals surface area contributed by atoms with Crippen molar-refractivity contribution in [3.63, 3.8) is 0 Å². The van der Waals surface area contributed by atoms with Crippen molar-refractivity contribution in [3.8, 4) is 0 Å². The largest absolute Gasteiger partial charge is 0.480 e. The van der Waals surface area contributed by atoms with Crippen LogP contribution in [0.15, 0.2) is 18.5 Å². The molecule has 21 heavy (non-hydrogen) atoms. The highest BCUT2D eigenvalue weighted by Gasteiger charge is 2.37. The molecular weight excluding hydrogens is 298 g/mol. The Kier molecular flexibility index (Phi) is 4.31. The van der Waals surface area contributed by atoms with E-state index in [-0.39, 0.29) is 17.9 Å². The molecule has 0 saturated carbocycles. The molecule has 9 heteroatoms. The fourth-order valence-corrected chi connectivity index (χ4v) is 4.15. The number of nitrogens with zero attached hydrogens (tertiary/aromatic N) is 3. The first-order valence-electron chi connectivity index (χ1n) is 6.52. The van der Waals surface area contributed by atoms with Crippen molar-refractivity contribution in [3.05, 3.63) is 18.5 Å². The van der Waals surface area contributed by atoms with Gasteiger partial charge in [0.05, 0.1) is 11.5 Å². The predicted molar refractivity (Wildman–Crippen MR) is 73.3 cm³/mol. The van der Waals surface area contributed by atoms with Gasteiger partial charge >= 0.3 is 5.97 Å². The van der Waals surface area contributed by atoms with Crippen molar-refractivity contribution in [2.24, 2.45) is 0 Å². The smallest absolute Gasteiger partial charge is 0.323 e. The number of rotatable bonds is 5. The van der Waals surface area contributed by atoms with Gasteiger partial charge in [0.15, 0.2) is 9.84 Å². The summed E-state index contributed by atoms with van der Waals surface area (Å²) in [5.41, 5.74) is 0. The zero-order chi connectivity index (χ0) is 15.6. The molecule has 2 unspecified atom stereocenters. The Balaban J connectivity index is 2.20. The lowest BCUT2D eigenvalue weighted by Gasteiger charge is -2.29. The van der Waals surface area contributed by atoms with E-state index in [0.717, 1.165) is 4.90 Å². The van der Waals surface area contributed by atoms with Crippen LogP contribution in [0.1, 0.15) is 19.4 Å². The number of carboxylic acids is 1. The number of hydrogen-bond donors (Lipinski definition) is 1. The molecule has 0 spiro atoms. The number of carbonyl (C=O) groups is 2.